The van der Waals surface area contributed by atoms with Crippen molar-refractivity contribution in [3.05, 3.63) is 29.3 Å². The molecule has 1 aromatic carbocycles. The molecule has 0 bridgehead atoms. The van der Waals surface area contributed by atoms with Crippen molar-refractivity contribution < 1.29 is 14.6 Å². The Morgan fingerprint density at radius 2 is 1.90 bits per heavy atom. The van der Waals surface area contributed by atoms with E-state index in [1.807, 2.05) is 19.1 Å². The second-order valence-corrected chi connectivity index (χ2v) is 5.99. The van der Waals surface area contributed by atoms with Crippen LogP contribution in [0.1, 0.15) is 49.7 Å². The number of benzene rings is 1. The zero-order valence-corrected chi connectivity index (χ0v) is 12.4. The van der Waals surface area contributed by atoms with Gasteiger partial charge >= 0.3 is 5.97 Å². The molecule has 0 unspecified atom stereocenters. The minimum Gasteiger partial charge on any atom is -0.496 e. The third-order valence-electron chi connectivity index (χ3n) is 4.48. The van der Waals surface area contributed by atoms with E-state index in [1.165, 1.54) is 0 Å². The van der Waals surface area contributed by atoms with E-state index in [1.54, 1.807) is 7.11 Å². The number of aliphatic carboxylic acids is 1. The molecule has 1 fully saturated rings. The Morgan fingerprint density at radius 1 is 1.25 bits per heavy atom. The SMILES string of the molecule is COc1ccc(C)cc1CC1(C(=O)O)CCCCCC1. The van der Waals surface area contributed by atoms with Gasteiger partial charge in [0.15, 0.2) is 0 Å². The topological polar surface area (TPSA) is 46.5 Å². The number of ether oxygens (including phenoxy) is 1. The Morgan fingerprint density at radius 3 is 2.45 bits per heavy atom. The lowest BCUT2D eigenvalue weighted by Gasteiger charge is -2.29. The van der Waals surface area contributed by atoms with Gasteiger partial charge in [-0.3, -0.25) is 4.79 Å². The minimum absolute atomic E-state index is 0.577. The first-order valence-electron chi connectivity index (χ1n) is 7.44. The summed E-state index contributed by atoms with van der Waals surface area (Å²) in [6.45, 7) is 2.03. The fraction of sp³-hybridized carbons (Fsp3) is 0.588. The average Bonchev–Trinajstić information content (AvgIpc) is 2.66. The van der Waals surface area contributed by atoms with Crippen molar-refractivity contribution in [3.8, 4) is 5.75 Å². The molecule has 0 amide bonds. The van der Waals surface area contributed by atoms with Crippen LogP contribution in [0.2, 0.25) is 0 Å². The van der Waals surface area contributed by atoms with E-state index < -0.39 is 11.4 Å². The fourth-order valence-corrected chi connectivity index (χ4v) is 3.28. The normalized spacial score (nSPS) is 18.3. The number of hydrogen-bond donors (Lipinski definition) is 1. The van der Waals surface area contributed by atoms with Crippen molar-refractivity contribution in [3.63, 3.8) is 0 Å². The van der Waals surface area contributed by atoms with Crippen molar-refractivity contribution in [1.82, 2.24) is 0 Å². The third-order valence-corrected chi connectivity index (χ3v) is 4.48. The highest BCUT2D eigenvalue weighted by molar-refractivity contribution is 5.75. The summed E-state index contributed by atoms with van der Waals surface area (Å²) in [5.74, 6) is 0.156. The van der Waals surface area contributed by atoms with Gasteiger partial charge in [-0.05, 0) is 37.8 Å². The van der Waals surface area contributed by atoms with Crippen LogP contribution in [0.3, 0.4) is 0 Å². The number of methoxy groups -OCH3 is 1. The molecule has 1 saturated carbocycles. The summed E-state index contributed by atoms with van der Waals surface area (Å²) in [4.78, 5) is 11.9. The molecule has 2 rings (SSSR count). The van der Waals surface area contributed by atoms with Crippen molar-refractivity contribution in [2.75, 3.05) is 7.11 Å². The lowest BCUT2D eigenvalue weighted by Crippen LogP contribution is -2.33. The largest absolute Gasteiger partial charge is 0.496 e. The van der Waals surface area contributed by atoms with Crippen LogP contribution in [0.25, 0.3) is 0 Å². The van der Waals surface area contributed by atoms with Crippen LogP contribution in [-0.4, -0.2) is 18.2 Å². The molecule has 0 spiro atoms. The predicted molar refractivity (Wildman–Crippen MR) is 79.2 cm³/mol. The van der Waals surface area contributed by atoms with Crippen molar-refractivity contribution >= 4 is 5.97 Å². The summed E-state index contributed by atoms with van der Waals surface area (Å²) in [6, 6.07) is 6.01. The molecule has 3 heteroatoms. The van der Waals surface area contributed by atoms with Crippen molar-refractivity contribution in [2.45, 2.75) is 51.9 Å². The Kier molecular flexibility index (Phi) is 4.69. The van der Waals surface area contributed by atoms with Gasteiger partial charge < -0.3 is 9.84 Å². The van der Waals surface area contributed by atoms with E-state index in [9.17, 15) is 9.90 Å². The quantitative estimate of drug-likeness (QED) is 0.846. The van der Waals surface area contributed by atoms with Crippen LogP contribution in [0, 0.1) is 12.3 Å². The second kappa shape index (κ2) is 6.29. The van der Waals surface area contributed by atoms with Gasteiger partial charge in [-0.15, -0.1) is 0 Å². The van der Waals surface area contributed by atoms with Crippen molar-refractivity contribution in [1.29, 1.82) is 0 Å². The molecule has 0 radical (unpaired) electrons. The monoisotopic (exact) mass is 276 g/mol. The van der Waals surface area contributed by atoms with Gasteiger partial charge in [-0.25, -0.2) is 0 Å². The van der Waals surface area contributed by atoms with Gasteiger partial charge in [0.05, 0.1) is 12.5 Å². The first kappa shape index (κ1) is 14.9. The van der Waals surface area contributed by atoms with E-state index in [0.29, 0.717) is 6.42 Å². The third kappa shape index (κ3) is 3.14. The maximum atomic E-state index is 11.9. The maximum Gasteiger partial charge on any atom is 0.309 e. The first-order valence-corrected chi connectivity index (χ1v) is 7.44. The summed E-state index contributed by atoms with van der Waals surface area (Å²) in [5, 5.41) is 9.77. The summed E-state index contributed by atoms with van der Waals surface area (Å²) < 4.78 is 5.40. The molecule has 1 aliphatic rings. The zero-order valence-electron chi connectivity index (χ0n) is 12.4. The second-order valence-electron chi connectivity index (χ2n) is 5.99. The number of carboxylic acid groups (broad SMARTS) is 1. The summed E-state index contributed by atoms with van der Waals surface area (Å²) in [6.07, 6.45) is 6.47. The van der Waals surface area contributed by atoms with Gasteiger partial charge in [0.25, 0.3) is 0 Å². The Bertz CT molecular complexity index is 471. The predicted octanol–water partition coefficient (Wildman–Crippen LogP) is 3.97. The lowest BCUT2D eigenvalue weighted by atomic mass is 9.75. The highest BCUT2D eigenvalue weighted by atomic mass is 16.5. The molecule has 110 valence electrons. The van der Waals surface area contributed by atoms with E-state index >= 15 is 0 Å². The smallest absolute Gasteiger partial charge is 0.309 e. The van der Waals surface area contributed by atoms with Gasteiger partial charge in [0, 0.05) is 0 Å². The van der Waals surface area contributed by atoms with E-state index in [0.717, 1.165) is 55.4 Å². The molecular weight excluding hydrogens is 252 g/mol. The molecule has 0 heterocycles. The van der Waals surface area contributed by atoms with Gasteiger partial charge in [-0.2, -0.15) is 0 Å². The molecule has 0 aliphatic heterocycles. The highest BCUT2D eigenvalue weighted by Crippen LogP contribution is 2.40. The molecule has 1 aromatic rings. The van der Waals surface area contributed by atoms with Gasteiger partial charge in [0.1, 0.15) is 5.75 Å². The van der Waals surface area contributed by atoms with E-state index in [2.05, 4.69) is 6.07 Å². The molecule has 0 aromatic heterocycles. The molecule has 0 atom stereocenters. The summed E-state index contributed by atoms with van der Waals surface area (Å²) in [7, 11) is 1.65. The van der Waals surface area contributed by atoms with E-state index in [4.69, 9.17) is 4.74 Å². The molecular formula is C17H24O3. The standard InChI is InChI=1S/C17H24O3/c1-13-7-8-15(20-2)14(11-13)12-17(16(18)19)9-5-3-4-6-10-17/h7-8,11H,3-6,9-10,12H2,1-2H3,(H,18,19). The van der Waals surface area contributed by atoms with Crippen LogP contribution >= 0.6 is 0 Å². The first-order chi connectivity index (χ1) is 9.57. The van der Waals surface area contributed by atoms with Crippen LogP contribution in [0.15, 0.2) is 18.2 Å². The number of hydrogen-bond acceptors (Lipinski definition) is 2. The molecule has 0 saturated heterocycles. The van der Waals surface area contributed by atoms with Crippen LogP contribution in [-0.2, 0) is 11.2 Å². The summed E-state index contributed by atoms with van der Waals surface area (Å²) in [5.41, 5.74) is 1.56. The number of rotatable bonds is 4. The molecule has 1 N–H and O–H groups in total. The van der Waals surface area contributed by atoms with Crippen LogP contribution in [0.4, 0.5) is 0 Å². The number of carboxylic acids is 1. The number of aryl methyl sites for hydroxylation is 1. The maximum absolute atomic E-state index is 11.9. The van der Waals surface area contributed by atoms with Gasteiger partial charge in [-0.1, -0.05) is 43.4 Å². The average molecular weight is 276 g/mol. The van der Waals surface area contributed by atoms with Crippen molar-refractivity contribution in [2.24, 2.45) is 5.41 Å². The lowest BCUT2D eigenvalue weighted by molar-refractivity contribution is -0.149. The fourth-order valence-electron chi connectivity index (χ4n) is 3.28. The summed E-state index contributed by atoms with van der Waals surface area (Å²) >= 11 is 0. The minimum atomic E-state index is -0.650. The zero-order chi connectivity index (χ0) is 14.6. The Labute approximate surface area is 121 Å². The Hall–Kier alpha value is -1.51. The highest BCUT2D eigenvalue weighted by Gasteiger charge is 2.39. The number of carbonyl (C=O) groups is 1. The molecule has 3 nitrogen and oxygen atoms in total. The van der Waals surface area contributed by atoms with Gasteiger partial charge in [0.2, 0.25) is 0 Å². The van der Waals surface area contributed by atoms with Crippen LogP contribution in [0.5, 0.6) is 5.75 Å². The van der Waals surface area contributed by atoms with E-state index in [-0.39, 0.29) is 0 Å². The molecule has 20 heavy (non-hydrogen) atoms. The Balaban J connectivity index is 2.32. The molecule has 1 aliphatic carbocycles. The van der Waals surface area contributed by atoms with Crippen LogP contribution < -0.4 is 4.74 Å².